The van der Waals surface area contributed by atoms with E-state index in [0.29, 0.717) is 11.6 Å². The molecule has 0 fully saturated rings. The first-order valence-corrected chi connectivity index (χ1v) is 8.31. The Hall–Kier alpha value is -2.60. The highest BCUT2D eigenvalue weighted by Crippen LogP contribution is 2.28. The molecule has 0 amide bonds. The number of aryl methyl sites for hydroxylation is 2. The second kappa shape index (κ2) is 6.88. The summed E-state index contributed by atoms with van der Waals surface area (Å²) >= 11 is 1.62. The number of nitrogens with zero attached hydrogens (tertiary/aromatic N) is 3. The van der Waals surface area contributed by atoms with Crippen molar-refractivity contribution in [3.05, 3.63) is 64.7 Å². The largest absolute Gasteiger partial charge is 0.261 e. The number of aromatic nitrogens is 2. The molecule has 2 aromatic heterocycles. The van der Waals surface area contributed by atoms with Gasteiger partial charge in [-0.05, 0) is 50.6 Å². The Morgan fingerprint density at radius 1 is 1.08 bits per heavy atom. The predicted octanol–water partition coefficient (Wildman–Crippen LogP) is 4.80. The molecule has 2 heterocycles. The van der Waals surface area contributed by atoms with Crippen LogP contribution in [0, 0.1) is 19.7 Å². The van der Waals surface area contributed by atoms with E-state index < -0.39 is 0 Å². The van der Waals surface area contributed by atoms with Crippen molar-refractivity contribution >= 4 is 22.9 Å². The van der Waals surface area contributed by atoms with Gasteiger partial charge in [-0.1, -0.05) is 12.1 Å². The van der Waals surface area contributed by atoms with Gasteiger partial charge in [0.1, 0.15) is 17.5 Å². The van der Waals surface area contributed by atoms with Crippen LogP contribution >= 0.6 is 11.3 Å². The van der Waals surface area contributed by atoms with Gasteiger partial charge in [0.25, 0.3) is 0 Å². The molecule has 0 radical (unpaired) electrons. The third-order valence-corrected chi connectivity index (χ3v) is 4.64. The topological polar surface area (TPSA) is 50.2 Å². The summed E-state index contributed by atoms with van der Waals surface area (Å²) in [5.41, 5.74) is 5.73. The summed E-state index contributed by atoms with van der Waals surface area (Å²) in [6.07, 6.45) is 0. The molecule has 0 unspecified atom stereocenters. The van der Waals surface area contributed by atoms with Crippen molar-refractivity contribution in [3.8, 4) is 10.4 Å². The van der Waals surface area contributed by atoms with Crippen LogP contribution in [0.25, 0.3) is 10.4 Å². The van der Waals surface area contributed by atoms with Gasteiger partial charge >= 0.3 is 0 Å². The van der Waals surface area contributed by atoms with E-state index >= 15 is 0 Å². The van der Waals surface area contributed by atoms with Crippen LogP contribution in [0.1, 0.15) is 23.3 Å². The Morgan fingerprint density at radius 2 is 1.83 bits per heavy atom. The van der Waals surface area contributed by atoms with Gasteiger partial charge in [-0.25, -0.2) is 14.4 Å². The molecule has 0 aliphatic rings. The fraction of sp³-hybridized carbons (Fsp3) is 0.167. The summed E-state index contributed by atoms with van der Waals surface area (Å²) in [5.74, 6) is 1.16. The van der Waals surface area contributed by atoms with Crippen molar-refractivity contribution in [3.63, 3.8) is 0 Å². The van der Waals surface area contributed by atoms with Gasteiger partial charge in [0, 0.05) is 16.6 Å². The predicted molar refractivity (Wildman–Crippen MR) is 97.1 cm³/mol. The first kappa shape index (κ1) is 16.3. The molecule has 0 aliphatic heterocycles. The highest BCUT2D eigenvalue weighted by Gasteiger charge is 2.06. The number of halogens is 1. The molecule has 1 aromatic carbocycles. The van der Waals surface area contributed by atoms with Crippen molar-refractivity contribution in [2.24, 2.45) is 5.10 Å². The smallest absolute Gasteiger partial charge is 0.150 e. The molecule has 0 saturated heterocycles. The zero-order valence-electron chi connectivity index (χ0n) is 13.7. The van der Waals surface area contributed by atoms with E-state index in [0.717, 1.165) is 26.7 Å². The van der Waals surface area contributed by atoms with Crippen molar-refractivity contribution < 1.29 is 4.39 Å². The normalized spacial score (nSPS) is 11.6. The minimum absolute atomic E-state index is 0.229. The zero-order chi connectivity index (χ0) is 17.1. The van der Waals surface area contributed by atoms with E-state index in [1.165, 1.54) is 12.1 Å². The van der Waals surface area contributed by atoms with Crippen LogP contribution in [0.4, 0.5) is 10.2 Å². The minimum atomic E-state index is -0.229. The lowest BCUT2D eigenvalue weighted by atomic mass is 10.2. The monoisotopic (exact) mass is 340 g/mol. The molecule has 24 heavy (non-hydrogen) atoms. The molecule has 3 rings (SSSR count). The number of nitrogens with one attached hydrogen (secondary N) is 1. The van der Waals surface area contributed by atoms with E-state index in [-0.39, 0.29) is 5.82 Å². The van der Waals surface area contributed by atoms with Crippen LogP contribution < -0.4 is 5.43 Å². The Kier molecular flexibility index (Phi) is 4.66. The van der Waals surface area contributed by atoms with Gasteiger partial charge in [0.15, 0.2) is 0 Å². The summed E-state index contributed by atoms with van der Waals surface area (Å²) < 4.78 is 13.0. The van der Waals surface area contributed by atoms with Crippen molar-refractivity contribution in [2.75, 3.05) is 5.43 Å². The third-order valence-electron chi connectivity index (χ3n) is 3.40. The van der Waals surface area contributed by atoms with E-state index in [4.69, 9.17) is 0 Å². The van der Waals surface area contributed by atoms with Crippen molar-refractivity contribution in [1.82, 2.24) is 9.97 Å². The van der Waals surface area contributed by atoms with Crippen molar-refractivity contribution in [1.29, 1.82) is 0 Å². The average Bonchev–Trinajstić information content (AvgIpc) is 3.02. The van der Waals surface area contributed by atoms with Gasteiger partial charge in [-0.3, -0.25) is 5.43 Å². The van der Waals surface area contributed by atoms with Crippen molar-refractivity contribution in [2.45, 2.75) is 20.8 Å². The fourth-order valence-corrected chi connectivity index (χ4v) is 3.23. The number of hydrogen-bond donors (Lipinski definition) is 1. The molecule has 122 valence electrons. The van der Waals surface area contributed by atoms with Gasteiger partial charge in [0.2, 0.25) is 0 Å². The summed E-state index contributed by atoms with van der Waals surface area (Å²) in [4.78, 5) is 10.7. The zero-order valence-corrected chi connectivity index (χ0v) is 14.5. The number of rotatable bonds is 4. The summed E-state index contributed by atoms with van der Waals surface area (Å²) in [6, 6.07) is 12.4. The highest BCUT2D eigenvalue weighted by atomic mass is 32.1. The van der Waals surface area contributed by atoms with Gasteiger partial charge in [-0.15, -0.1) is 11.3 Å². The number of thiophene rings is 1. The number of anilines is 1. The molecule has 0 saturated carbocycles. The summed E-state index contributed by atoms with van der Waals surface area (Å²) in [7, 11) is 0. The first-order chi connectivity index (χ1) is 11.5. The first-order valence-electron chi connectivity index (χ1n) is 7.50. The standard InChI is InChI=1S/C18H17FN4S/c1-11-10-18(21-13(3)20-11)23-22-12(2)16-8-9-17(24-16)14-4-6-15(19)7-5-14/h4-10H,1-3H3,(H,20,21,23)/b22-12+. The quantitative estimate of drug-likeness (QED) is 0.548. The van der Waals surface area contributed by atoms with Crippen LogP contribution in [-0.4, -0.2) is 15.7 Å². The molecule has 1 N–H and O–H groups in total. The van der Waals surface area contributed by atoms with E-state index in [1.807, 2.05) is 39.0 Å². The van der Waals surface area contributed by atoms with E-state index in [2.05, 4.69) is 20.5 Å². The molecule has 0 aliphatic carbocycles. The summed E-state index contributed by atoms with van der Waals surface area (Å²) in [5, 5.41) is 4.39. The molecule has 0 atom stereocenters. The van der Waals surface area contributed by atoms with Gasteiger partial charge in [-0.2, -0.15) is 5.10 Å². The fourth-order valence-electron chi connectivity index (χ4n) is 2.27. The van der Waals surface area contributed by atoms with Crippen LogP contribution in [0.15, 0.2) is 47.6 Å². The lowest BCUT2D eigenvalue weighted by Crippen LogP contribution is -2.01. The Morgan fingerprint density at radius 3 is 2.54 bits per heavy atom. The van der Waals surface area contributed by atoms with Gasteiger partial charge in [0.05, 0.1) is 10.6 Å². The number of benzene rings is 1. The molecular weight excluding hydrogens is 323 g/mol. The maximum atomic E-state index is 13.0. The summed E-state index contributed by atoms with van der Waals surface area (Å²) in [6.45, 7) is 5.71. The lowest BCUT2D eigenvalue weighted by molar-refractivity contribution is 0.628. The highest BCUT2D eigenvalue weighted by molar-refractivity contribution is 7.17. The molecule has 0 bridgehead atoms. The number of hydrogen-bond acceptors (Lipinski definition) is 5. The number of hydrazone groups is 1. The molecule has 4 nitrogen and oxygen atoms in total. The second-order valence-corrected chi connectivity index (χ2v) is 6.51. The maximum absolute atomic E-state index is 13.0. The molecule has 3 aromatic rings. The average molecular weight is 340 g/mol. The van der Waals surface area contributed by atoms with E-state index in [9.17, 15) is 4.39 Å². The van der Waals surface area contributed by atoms with Crippen LogP contribution in [0.5, 0.6) is 0 Å². The van der Waals surface area contributed by atoms with Crippen LogP contribution in [-0.2, 0) is 0 Å². The molecule has 0 spiro atoms. The Labute approximate surface area is 144 Å². The second-order valence-electron chi connectivity index (χ2n) is 5.42. The van der Waals surface area contributed by atoms with E-state index in [1.54, 1.807) is 23.5 Å². The molecule has 6 heteroatoms. The van der Waals surface area contributed by atoms with Crippen LogP contribution in [0.3, 0.4) is 0 Å². The molecular formula is C18H17FN4S. The lowest BCUT2D eigenvalue weighted by Gasteiger charge is -2.03. The Bertz CT molecular complexity index is 864. The maximum Gasteiger partial charge on any atom is 0.150 e. The minimum Gasteiger partial charge on any atom is -0.261 e. The SMILES string of the molecule is C/C(=N\Nc1cc(C)nc(C)n1)c1ccc(-c2ccc(F)cc2)s1. The van der Waals surface area contributed by atoms with Gasteiger partial charge < -0.3 is 0 Å². The van der Waals surface area contributed by atoms with Crippen LogP contribution in [0.2, 0.25) is 0 Å². The third kappa shape index (κ3) is 3.83. The Balaban J connectivity index is 1.77.